The first-order valence-corrected chi connectivity index (χ1v) is 5.49. The molecular weight excluding hydrogens is 268 g/mol. The molecule has 0 saturated heterocycles. The van der Waals surface area contributed by atoms with Gasteiger partial charge < -0.3 is 20.4 Å². The van der Waals surface area contributed by atoms with Gasteiger partial charge in [-0.3, -0.25) is 0 Å². The third-order valence-electron chi connectivity index (χ3n) is 2.00. The quantitative estimate of drug-likeness (QED) is 0.490. The summed E-state index contributed by atoms with van der Waals surface area (Å²) >= 11 is 0. The minimum absolute atomic E-state index is 0.190. The molecule has 0 atom stereocenters. The predicted octanol–water partition coefficient (Wildman–Crippen LogP) is 2.01. The van der Waals surface area contributed by atoms with E-state index in [9.17, 15) is 14.4 Å². The summed E-state index contributed by atoms with van der Waals surface area (Å²) in [5, 5.41) is 33.5. The fourth-order valence-corrected chi connectivity index (χ4v) is 1.14. The maximum absolute atomic E-state index is 10.5. The van der Waals surface area contributed by atoms with E-state index in [1.165, 1.54) is 30.3 Å². The molecule has 1 rings (SSSR count). The molecule has 4 N–H and O–H groups in total. The highest BCUT2D eigenvalue weighted by Gasteiger charge is 2.13. The third-order valence-corrected chi connectivity index (χ3v) is 2.00. The standard InChI is InChI=1S/C8H6O4.C5H8O3/c9-7(10)5-3-1-2-4-6(5)8(11)12;1-2-3-4(6)5(7)8/h1-4H,(H,9,10)(H,11,12);3,6H,2H2,1H3,(H,7,8)/b;4-3-. The van der Waals surface area contributed by atoms with Crippen LogP contribution in [-0.2, 0) is 4.79 Å². The first-order valence-electron chi connectivity index (χ1n) is 5.49. The van der Waals surface area contributed by atoms with Crippen LogP contribution in [0, 0.1) is 0 Å². The highest BCUT2D eigenvalue weighted by atomic mass is 16.4. The SMILES string of the molecule is CC/C=C(\O)C(=O)O.O=C(O)c1ccccc1C(=O)O. The van der Waals surface area contributed by atoms with Gasteiger partial charge in [-0.25, -0.2) is 14.4 Å². The zero-order valence-electron chi connectivity index (χ0n) is 10.6. The number of rotatable bonds is 4. The van der Waals surface area contributed by atoms with Crippen LogP contribution in [0.3, 0.4) is 0 Å². The number of carboxylic acids is 3. The lowest BCUT2D eigenvalue weighted by atomic mass is 10.1. The molecule has 0 aliphatic rings. The number of hydrogen-bond donors (Lipinski definition) is 4. The van der Waals surface area contributed by atoms with Crippen molar-refractivity contribution in [3.05, 3.63) is 47.2 Å². The number of hydrogen-bond acceptors (Lipinski definition) is 4. The molecule has 0 spiro atoms. The van der Waals surface area contributed by atoms with E-state index in [0.717, 1.165) is 0 Å². The number of aliphatic carboxylic acids is 1. The lowest BCUT2D eigenvalue weighted by Gasteiger charge is -1.98. The highest BCUT2D eigenvalue weighted by molar-refractivity contribution is 6.01. The van der Waals surface area contributed by atoms with E-state index in [4.69, 9.17) is 20.4 Å². The largest absolute Gasteiger partial charge is 0.502 e. The maximum Gasteiger partial charge on any atom is 0.370 e. The Morgan fingerprint density at radius 2 is 1.35 bits per heavy atom. The molecule has 0 amide bonds. The molecule has 108 valence electrons. The summed E-state index contributed by atoms with van der Waals surface area (Å²) < 4.78 is 0. The second kappa shape index (κ2) is 8.30. The van der Waals surface area contributed by atoms with Crippen molar-refractivity contribution in [1.82, 2.24) is 0 Å². The lowest BCUT2D eigenvalue weighted by Crippen LogP contribution is -2.06. The molecule has 0 heterocycles. The van der Waals surface area contributed by atoms with Gasteiger partial charge in [0.25, 0.3) is 0 Å². The summed E-state index contributed by atoms with van der Waals surface area (Å²) in [5.74, 6) is -4.31. The smallest absolute Gasteiger partial charge is 0.370 e. The summed E-state index contributed by atoms with van der Waals surface area (Å²) in [6.45, 7) is 1.75. The predicted molar refractivity (Wildman–Crippen MR) is 69.0 cm³/mol. The van der Waals surface area contributed by atoms with Crippen LogP contribution in [-0.4, -0.2) is 38.3 Å². The zero-order chi connectivity index (χ0) is 15.7. The molecule has 0 radical (unpaired) electrons. The molecule has 0 saturated carbocycles. The molecular formula is C13H14O7. The van der Waals surface area contributed by atoms with Crippen molar-refractivity contribution in [2.45, 2.75) is 13.3 Å². The number of aromatic carboxylic acids is 2. The third kappa shape index (κ3) is 5.67. The molecule has 7 nitrogen and oxygen atoms in total. The maximum atomic E-state index is 10.5. The van der Waals surface area contributed by atoms with Crippen molar-refractivity contribution < 1.29 is 34.8 Å². The normalized spacial score (nSPS) is 10.2. The van der Waals surface area contributed by atoms with Gasteiger partial charge in [0.2, 0.25) is 0 Å². The number of carbonyl (C=O) groups is 3. The van der Waals surface area contributed by atoms with Crippen molar-refractivity contribution in [2.75, 3.05) is 0 Å². The minimum atomic E-state index is -1.27. The van der Waals surface area contributed by atoms with Gasteiger partial charge in [0.05, 0.1) is 11.1 Å². The molecule has 0 fully saturated rings. The van der Waals surface area contributed by atoms with E-state index in [1.54, 1.807) is 6.92 Å². The van der Waals surface area contributed by atoms with Gasteiger partial charge in [-0.05, 0) is 24.6 Å². The highest BCUT2D eigenvalue weighted by Crippen LogP contribution is 2.07. The molecule has 20 heavy (non-hydrogen) atoms. The van der Waals surface area contributed by atoms with E-state index >= 15 is 0 Å². The Balaban J connectivity index is 0.000000396. The van der Waals surface area contributed by atoms with E-state index in [2.05, 4.69) is 0 Å². The van der Waals surface area contributed by atoms with Crippen molar-refractivity contribution in [1.29, 1.82) is 0 Å². The molecule has 0 bridgehead atoms. The number of aliphatic hydroxyl groups excluding tert-OH is 1. The van der Waals surface area contributed by atoms with Crippen molar-refractivity contribution in [3.63, 3.8) is 0 Å². The summed E-state index contributed by atoms with van der Waals surface area (Å²) in [6.07, 6.45) is 1.78. The Morgan fingerprint density at radius 3 is 1.55 bits per heavy atom. The first-order chi connectivity index (χ1) is 9.31. The molecule has 0 aliphatic heterocycles. The first kappa shape index (κ1) is 17.2. The van der Waals surface area contributed by atoms with Gasteiger partial charge in [-0.1, -0.05) is 19.1 Å². The van der Waals surface area contributed by atoms with Gasteiger partial charge in [0.1, 0.15) is 0 Å². The van der Waals surface area contributed by atoms with Crippen LogP contribution >= 0.6 is 0 Å². The van der Waals surface area contributed by atoms with E-state index in [1.807, 2.05) is 0 Å². The molecule has 0 aromatic heterocycles. The number of aliphatic hydroxyl groups is 1. The van der Waals surface area contributed by atoms with E-state index < -0.39 is 23.7 Å². The second-order valence-electron chi connectivity index (χ2n) is 3.46. The van der Waals surface area contributed by atoms with Crippen LogP contribution in [0.5, 0.6) is 0 Å². The van der Waals surface area contributed by atoms with E-state index in [0.29, 0.717) is 6.42 Å². The summed E-state index contributed by atoms with van der Waals surface area (Å²) in [5.41, 5.74) is -0.380. The zero-order valence-corrected chi connectivity index (χ0v) is 10.6. The average molecular weight is 282 g/mol. The molecule has 0 unspecified atom stereocenters. The fourth-order valence-electron chi connectivity index (χ4n) is 1.14. The Bertz CT molecular complexity index is 498. The van der Waals surface area contributed by atoms with Crippen LogP contribution in [0.4, 0.5) is 0 Å². The molecule has 1 aromatic rings. The number of allylic oxidation sites excluding steroid dienone is 1. The Hall–Kier alpha value is -2.83. The van der Waals surface area contributed by atoms with Crippen molar-refractivity contribution in [3.8, 4) is 0 Å². The summed E-state index contributed by atoms with van der Waals surface area (Å²) in [7, 11) is 0. The topological polar surface area (TPSA) is 132 Å². The Labute approximate surface area is 114 Å². The number of benzene rings is 1. The van der Waals surface area contributed by atoms with Gasteiger partial charge in [-0.15, -0.1) is 0 Å². The van der Waals surface area contributed by atoms with Crippen LogP contribution in [0.15, 0.2) is 36.1 Å². The minimum Gasteiger partial charge on any atom is -0.502 e. The van der Waals surface area contributed by atoms with Gasteiger partial charge >= 0.3 is 17.9 Å². The monoisotopic (exact) mass is 282 g/mol. The summed E-state index contributed by atoms with van der Waals surface area (Å²) in [6, 6.07) is 5.48. The van der Waals surface area contributed by atoms with Crippen LogP contribution < -0.4 is 0 Å². The molecule has 1 aromatic carbocycles. The fraction of sp³-hybridized carbons (Fsp3) is 0.154. The number of carboxylic acid groups (broad SMARTS) is 3. The summed E-state index contributed by atoms with van der Waals surface area (Å²) in [4.78, 5) is 30.7. The van der Waals surface area contributed by atoms with Crippen LogP contribution in [0.2, 0.25) is 0 Å². The second-order valence-corrected chi connectivity index (χ2v) is 3.46. The van der Waals surface area contributed by atoms with Gasteiger partial charge in [0, 0.05) is 0 Å². The van der Waals surface area contributed by atoms with Crippen molar-refractivity contribution >= 4 is 17.9 Å². The van der Waals surface area contributed by atoms with Gasteiger partial charge in [0.15, 0.2) is 5.76 Å². The van der Waals surface area contributed by atoms with Crippen molar-refractivity contribution in [2.24, 2.45) is 0 Å². The molecule has 0 aliphatic carbocycles. The Kier molecular flexibility index (Phi) is 7.13. The van der Waals surface area contributed by atoms with E-state index in [-0.39, 0.29) is 11.1 Å². The average Bonchev–Trinajstić information content (AvgIpc) is 2.39. The van der Waals surface area contributed by atoms with Gasteiger partial charge in [-0.2, -0.15) is 0 Å². The lowest BCUT2D eigenvalue weighted by molar-refractivity contribution is -0.135. The van der Waals surface area contributed by atoms with Crippen LogP contribution in [0.1, 0.15) is 34.1 Å². The molecule has 7 heteroatoms. The Morgan fingerprint density at radius 1 is 0.950 bits per heavy atom. The van der Waals surface area contributed by atoms with Crippen LogP contribution in [0.25, 0.3) is 0 Å².